The number of pyridine rings is 1. The van der Waals surface area contributed by atoms with Gasteiger partial charge in [0.15, 0.2) is 0 Å². The standard InChI is InChI=1S/C30H39N3.C2H4/c1-7-8-11-23(5)33-17-16-32(20-24(33)6)30-22(4)18-28(29(31-30)21(2)3)27-15-14-25-12-9-10-13-26(25)19-27;1-2/h9-10,12-15,18-19,21,24H,5,7-8,11,16-17,20H2,1-4,6H3;1-2H2. The second-order valence-electron chi connectivity index (χ2n) is 9.94. The number of allylic oxidation sites excluding steroid dienone is 1. The molecule has 1 aromatic heterocycles. The van der Waals surface area contributed by atoms with Crippen LogP contribution in [0, 0.1) is 6.92 Å². The van der Waals surface area contributed by atoms with Crippen molar-refractivity contribution in [2.75, 3.05) is 24.5 Å². The van der Waals surface area contributed by atoms with Crippen molar-refractivity contribution in [1.29, 1.82) is 0 Å². The minimum Gasteiger partial charge on any atom is -0.369 e. The maximum absolute atomic E-state index is 5.29. The molecule has 1 atom stereocenters. The van der Waals surface area contributed by atoms with E-state index in [1.54, 1.807) is 0 Å². The van der Waals surface area contributed by atoms with E-state index in [-0.39, 0.29) is 0 Å². The highest BCUT2D eigenvalue weighted by atomic mass is 15.3. The van der Waals surface area contributed by atoms with Crippen molar-refractivity contribution in [2.24, 2.45) is 0 Å². The predicted molar refractivity (Wildman–Crippen MR) is 154 cm³/mol. The zero-order valence-corrected chi connectivity index (χ0v) is 22.5. The molecule has 4 rings (SSSR count). The lowest BCUT2D eigenvalue weighted by atomic mass is 9.94. The quantitative estimate of drug-likeness (QED) is 0.324. The monoisotopic (exact) mass is 469 g/mol. The molecule has 0 saturated carbocycles. The molecular formula is C32H43N3. The molecule has 1 saturated heterocycles. The van der Waals surface area contributed by atoms with E-state index in [9.17, 15) is 0 Å². The molecule has 0 spiro atoms. The number of fused-ring (bicyclic) bond motifs is 1. The van der Waals surface area contributed by atoms with Gasteiger partial charge in [0.05, 0.1) is 5.69 Å². The third-order valence-corrected chi connectivity index (χ3v) is 6.98. The molecule has 1 aliphatic rings. The van der Waals surface area contributed by atoms with Crippen LogP contribution in [0.2, 0.25) is 0 Å². The van der Waals surface area contributed by atoms with Gasteiger partial charge in [-0.05, 0) is 66.6 Å². The van der Waals surface area contributed by atoms with Gasteiger partial charge in [-0.2, -0.15) is 0 Å². The second-order valence-corrected chi connectivity index (χ2v) is 9.94. The first kappa shape index (κ1) is 26.5. The molecule has 2 heterocycles. The van der Waals surface area contributed by atoms with Crippen LogP contribution in [0.3, 0.4) is 0 Å². The van der Waals surface area contributed by atoms with Crippen molar-refractivity contribution in [1.82, 2.24) is 9.88 Å². The van der Waals surface area contributed by atoms with Gasteiger partial charge >= 0.3 is 0 Å². The highest BCUT2D eigenvalue weighted by molar-refractivity contribution is 5.88. The van der Waals surface area contributed by atoms with Gasteiger partial charge in [-0.25, -0.2) is 4.98 Å². The van der Waals surface area contributed by atoms with Crippen molar-refractivity contribution in [3.63, 3.8) is 0 Å². The van der Waals surface area contributed by atoms with Crippen LogP contribution in [0.15, 0.2) is 74.0 Å². The minimum atomic E-state index is 0.360. The van der Waals surface area contributed by atoms with E-state index in [1.807, 2.05) is 0 Å². The maximum Gasteiger partial charge on any atom is 0.131 e. The summed E-state index contributed by atoms with van der Waals surface area (Å²) in [4.78, 5) is 10.3. The van der Waals surface area contributed by atoms with E-state index in [2.05, 4.69) is 113 Å². The van der Waals surface area contributed by atoms with E-state index in [1.165, 1.54) is 51.7 Å². The number of aryl methyl sites for hydroxylation is 1. The van der Waals surface area contributed by atoms with Crippen LogP contribution in [0.5, 0.6) is 0 Å². The SMILES string of the molecule is C=C.C=C(CCCC)N1CCN(c2nc(C(C)C)c(-c3ccc4ccccc4c3)cc2C)CC1C. The van der Waals surface area contributed by atoms with E-state index in [0.717, 1.165) is 31.9 Å². The number of hydrogen-bond donors (Lipinski definition) is 0. The molecule has 0 radical (unpaired) electrons. The van der Waals surface area contributed by atoms with E-state index < -0.39 is 0 Å². The zero-order chi connectivity index (χ0) is 25.5. The summed E-state index contributed by atoms with van der Waals surface area (Å²) in [6, 6.07) is 18.2. The number of aromatic nitrogens is 1. The van der Waals surface area contributed by atoms with Crippen LogP contribution in [-0.4, -0.2) is 35.6 Å². The summed E-state index contributed by atoms with van der Waals surface area (Å²) < 4.78 is 0. The van der Waals surface area contributed by atoms with Gasteiger partial charge in [0.1, 0.15) is 5.82 Å². The van der Waals surface area contributed by atoms with Crippen LogP contribution in [0.25, 0.3) is 21.9 Å². The largest absolute Gasteiger partial charge is 0.369 e. The lowest BCUT2D eigenvalue weighted by Gasteiger charge is -2.43. The Hall–Kier alpha value is -3.07. The Morgan fingerprint density at radius 1 is 1.06 bits per heavy atom. The van der Waals surface area contributed by atoms with Crippen molar-refractivity contribution in [3.05, 3.63) is 85.2 Å². The van der Waals surface area contributed by atoms with Gasteiger partial charge in [-0.15, -0.1) is 13.2 Å². The topological polar surface area (TPSA) is 19.4 Å². The maximum atomic E-state index is 5.29. The van der Waals surface area contributed by atoms with Crippen LogP contribution in [-0.2, 0) is 0 Å². The van der Waals surface area contributed by atoms with Gasteiger partial charge in [-0.3, -0.25) is 0 Å². The third-order valence-electron chi connectivity index (χ3n) is 6.98. The summed E-state index contributed by atoms with van der Waals surface area (Å²) >= 11 is 0. The first-order valence-corrected chi connectivity index (χ1v) is 13.1. The Balaban J connectivity index is 0.00000167. The highest BCUT2D eigenvalue weighted by Crippen LogP contribution is 2.35. The van der Waals surface area contributed by atoms with Crippen LogP contribution in [0.4, 0.5) is 5.82 Å². The molecular weight excluding hydrogens is 426 g/mol. The predicted octanol–water partition coefficient (Wildman–Crippen LogP) is 8.35. The fraction of sp³-hybridized carbons (Fsp3) is 0.406. The molecule has 2 aromatic carbocycles. The van der Waals surface area contributed by atoms with Crippen molar-refractivity contribution in [2.45, 2.75) is 65.8 Å². The van der Waals surface area contributed by atoms with Crippen molar-refractivity contribution < 1.29 is 0 Å². The number of rotatable bonds is 7. The number of benzene rings is 2. The average molecular weight is 470 g/mol. The normalized spacial score (nSPS) is 15.8. The molecule has 0 aliphatic carbocycles. The summed E-state index contributed by atoms with van der Waals surface area (Å²) in [5, 5.41) is 2.56. The Morgan fingerprint density at radius 3 is 2.43 bits per heavy atom. The zero-order valence-electron chi connectivity index (χ0n) is 22.5. The van der Waals surface area contributed by atoms with Gasteiger partial charge in [-0.1, -0.05) is 70.2 Å². The van der Waals surface area contributed by atoms with Gasteiger partial charge in [0.25, 0.3) is 0 Å². The molecule has 186 valence electrons. The van der Waals surface area contributed by atoms with Crippen LogP contribution < -0.4 is 4.90 Å². The third kappa shape index (κ3) is 5.96. The molecule has 1 unspecified atom stereocenters. The Bertz CT molecular complexity index is 1150. The van der Waals surface area contributed by atoms with Crippen LogP contribution in [0.1, 0.15) is 64.1 Å². The second kappa shape index (κ2) is 12.1. The minimum absolute atomic E-state index is 0.360. The Kier molecular flexibility index (Phi) is 9.14. The Labute approximate surface area is 213 Å². The molecule has 3 aromatic rings. The van der Waals surface area contributed by atoms with Gasteiger partial charge in [0.2, 0.25) is 0 Å². The lowest BCUT2D eigenvalue weighted by molar-refractivity contribution is 0.234. The average Bonchev–Trinajstić information content (AvgIpc) is 2.87. The lowest BCUT2D eigenvalue weighted by Crippen LogP contribution is -2.51. The smallest absolute Gasteiger partial charge is 0.131 e. The molecule has 1 aliphatic heterocycles. The summed E-state index contributed by atoms with van der Waals surface area (Å²) in [5.41, 5.74) is 6.26. The fourth-order valence-corrected chi connectivity index (χ4v) is 5.11. The molecule has 0 bridgehead atoms. The van der Waals surface area contributed by atoms with Gasteiger partial charge in [0, 0.05) is 36.9 Å². The van der Waals surface area contributed by atoms with Crippen molar-refractivity contribution >= 4 is 16.6 Å². The fourth-order valence-electron chi connectivity index (χ4n) is 5.11. The highest BCUT2D eigenvalue weighted by Gasteiger charge is 2.27. The molecule has 1 fully saturated rings. The first-order chi connectivity index (χ1) is 16.9. The number of piperazine rings is 1. The summed E-state index contributed by atoms with van der Waals surface area (Å²) in [6.45, 7) is 24.7. The van der Waals surface area contributed by atoms with E-state index >= 15 is 0 Å². The number of nitrogens with zero attached hydrogens (tertiary/aromatic N) is 3. The van der Waals surface area contributed by atoms with Gasteiger partial charge < -0.3 is 9.80 Å². The number of hydrogen-bond acceptors (Lipinski definition) is 3. The number of anilines is 1. The summed E-state index contributed by atoms with van der Waals surface area (Å²) in [7, 11) is 0. The van der Waals surface area contributed by atoms with Crippen LogP contribution >= 0.6 is 0 Å². The van der Waals surface area contributed by atoms with E-state index in [4.69, 9.17) is 4.98 Å². The first-order valence-electron chi connectivity index (χ1n) is 13.1. The number of unbranched alkanes of at least 4 members (excludes halogenated alkanes) is 1. The Morgan fingerprint density at radius 2 is 1.77 bits per heavy atom. The molecule has 0 amide bonds. The summed E-state index contributed by atoms with van der Waals surface area (Å²) in [6.07, 6.45) is 3.55. The molecule has 0 N–H and O–H groups in total. The molecule has 3 nitrogen and oxygen atoms in total. The summed E-state index contributed by atoms with van der Waals surface area (Å²) in [5.74, 6) is 1.51. The molecule has 3 heteroatoms. The van der Waals surface area contributed by atoms with E-state index in [0.29, 0.717) is 12.0 Å². The molecule has 35 heavy (non-hydrogen) atoms. The van der Waals surface area contributed by atoms with Crippen molar-refractivity contribution in [3.8, 4) is 11.1 Å².